The van der Waals surface area contributed by atoms with Gasteiger partial charge in [0, 0.05) is 30.1 Å². The van der Waals surface area contributed by atoms with Gasteiger partial charge in [-0.05, 0) is 36.3 Å². The molecule has 0 saturated carbocycles. The summed E-state index contributed by atoms with van der Waals surface area (Å²) < 4.78 is 5.57. The Labute approximate surface area is 154 Å². The topological polar surface area (TPSA) is 38.3 Å². The molecule has 3 nitrogen and oxygen atoms in total. The Balaban J connectivity index is 1.77. The molecule has 1 aliphatic rings. The molecule has 132 valence electrons. The number of benzene rings is 2. The molecule has 0 spiro atoms. The second kappa shape index (κ2) is 8.54. The summed E-state index contributed by atoms with van der Waals surface area (Å²) in [7, 11) is 0. The SMILES string of the molecule is CCSc1ccccc1C(=O)NCC1(c2ccccc2)CCOCC1. The number of rotatable bonds is 6. The van der Waals surface area contributed by atoms with Crippen LogP contribution in [0.5, 0.6) is 0 Å². The van der Waals surface area contributed by atoms with Gasteiger partial charge in [-0.1, -0.05) is 49.4 Å². The number of nitrogens with one attached hydrogen (secondary N) is 1. The summed E-state index contributed by atoms with van der Waals surface area (Å²) >= 11 is 1.71. The van der Waals surface area contributed by atoms with Crippen molar-refractivity contribution in [3.8, 4) is 0 Å². The first-order valence-electron chi connectivity index (χ1n) is 8.88. The molecule has 0 aromatic heterocycles. The molecule has 1 N–H and O–H groups in total. The lowest BCUT2D eigenvalue weighted by Gasteiger charge is -2.38. The predicted octanol–water partition coefficient (Wildman–Crippen LogP) is 4.28. The monoisotopic (exact) mass is 355 g/mol. The number of carbonyl (C=O) groups excluding carboxylic acids is 1. The molecule has 3 rings (SSSR count). The Hall–Kier alpha value is -1.78. The van der Waals surface area contributed by atoms with Crippen LogP contribution < -0.4 is 5.32 Å². The average Bonchev–Trinajstić information content (AvgIpc) is 2.68. The highest BCUT2D eigenvalue weighted by atomic mass is 32.2. The smallest absolute Gasteiger partial charge is 0.252 e. The maximum Gasteiger partial charge on any atom is 0.252 e. The van der Waals surface area contributed by atoms with Crippen LogP contribution in [-0.4, -0.2) is 31.4 Å². The summed E-state index contributed by atoms with van der Waals surface area (Å²) in [6.07, 6.45) is 1.87. The third-order valence-electron chi connectivity index (χ3n) is 4.85. The summed E-state index contributed by atoms with van der Waals surface area (Å²) in [6.45, 7) is 4.23. The minimum atomic E-state index is -0.0397. The van der Waals surface area contributed by atoms with Crippen LogP contribution in [0.2, 0.25) is 0 Å². The Morgan fingerprint density at radius 3 is 2.48 bits per heavy atom. The maximum atomic E-state index is 12.8. The third-order valence-corrected chi connectivity index (χ3v) is 5.81. The van der Waals surface area contributed by atoms with Crippen molar-refractivity contribution in [3.05, 3.63) is 65.7 Å². The summed E-state index contributed by atoms with van der Waals surface area (Å²) in [5, 5.41) is 3.20. The second-order valence-corrected chi connectivity index (χ2v) is 7.68. The second-order valence-electron chi connectivity index (χ2n) is 6.37. The summed E-state index contributed by atoms with van der Waals surface area (Å²) in [6, 6.07) is 18.3. The third kappa shape index (κ3) is 4.25. The zero-order valence-electron chi connectivity index (χ0n) is 14.7. The Kier molecular flexibility index (Phi) is 6.16. The van der Waals surface area contributed by atoms with E-state index in [1.165, 1.54) is 5.56 Å². The Bertz CT molecular complexity index is 696. The molecular weight excluding hydrogens is 330 g/mol. The van der Waals surface area contributed by atoms with Crippen molar-refractivity contribution in [1.29, 1.82) is 0 Å². The number of hydrogen-bond acceptors (Lipinski definition) is 3. The molecule has 0 radical (unpaired) electrons. The minimum Gasteiger partial charge on any atom is -0.381 e. The number of hydrogen-bond donors (Lipinski definition) is 1. The molecule has 0 aliphatic carbocycles. The van der Waals surface area contributed by atoms with Crippen molar-refractivity contribution in [1.82, 2.24) is 5.32 Å². The standard InChI is InChI=1S/C21H25NO2S/c1-2-25-19-11-7-6-10-18(19)20(23)22-16-21(12-14-24-15-13-21)17-8-4-3-5-9-17/h3-11H,2,12-16H2,1H3,(H,22,23). The van der Waals surface area contributed by atoms with Crippen molar-refractivity contribution in [2.24, 2.45) is 0 Å². The summed E-state index contributed by atoms with van der Waals surface area (Å²) in [4.78, 5) is 13.8. The van der Waals surface area contributed by atoms with Gasteiger partial charge in [0.05, 0.1) is 5.56 Å². The van der Waals surface area contributed by atoms with Crippen molar-refractivity contribution >= 4 is 17.7 Å². The fourth-order valence-corrected chi connectivity index (χ4v) is 4.20. The highest BCUT2D eigenvalue weighted by Crippen LogP contribution is 2.34. The largest absolute Gasteiger partial charge is 0.381 e. The molecule has 1 fully saturated rings. The number of ether oxygens (including phenoxy) is 1. The first-order valence-corrected chi connectivity index (χ1v) is 9.87. The first kappa shape index (κ1) is 18.0. The van der Waals surface area contributed by atoms with E-state index in [4.69, 9.17) is 4.74 Å². The van der Waals surface area contributed by atoms with Crippen molar-refractivity contribution in [2.45, 2.75) is 30.1 Å². The molecule has 25 heavy (non-hydrogen) atoms. The van der Waals surface area contributed by atoms with Gasteiger partial charge < -0.3 is 10.1 Å². The highest BCUT2D eigenvalue weighted by Gasteiger charge is 2.34. The van der Waals surface area contributed by atoms with Gasteiger partial charge in [-0.2, -0.15) is 0 Å². The number of carbonyl (C=O) groups is 1. The van der Waals surface area contributed by atoms with Gasteiger partial charge in [0.25, 0.3) is 5.91 Å². The van der Waals surface area contributed by atoms with E-state index in [2.05, 4.69) is 36.5 Å². The van der Waals surface area contributed by atoms with Crippen LogP contribution in [0.4, 0.5) is 0 Å². The van der Waals surface area contributed by atoms with Gasteiger partial charge in [-0.25, -0.2) is 0 Å². The molecule has 0 atom stereocenters. The van der Waals surface area contributed by atoms with Gasteiger partial charge in [0.15, 0.2) is 0 Å². The predicted molar refractivity (Wildman–Crippen MR) is 103 cm³/mol. The molecule has 4 heteroatoms. The van der Waals surface area contributed by atoms with E-state index < -0.39 is 0 Å². The highest BCUT2D eigenvalue weighted by molar-refractivity contribution is 7.99. The normalized spacial score (nSPS) is 16.4. The Morgan fingerprint density at radius 2 is 1.76 bits per heavy atom. The van der Waals surface area contributed by atoms with Crippen LogP contribution in [0.3, 0.4) is 0 Å². The van der Waals surface area contributed by atoms with E-state index in [-0.39, 0.29) is 11.3 Å². The molecule has 2 aromatic carbocycles. The van der Waals surface area contributed by atoms with Crippen LogP contribution in [0.1, 0.15) is 35.7 Å². The van der Waals surface area contributed by atoms with E-state index in [1.807, 2.05) is 30.3 Å². The van der Waals surface area contributed by atoms with E-state index in [0.29, 0.717) is 6.54 Å². The molecule has 1 amide bonds. The van der Waals surface area contributed by atoms with E-state index in [1.54, 1.807) is 11.8 Å². The maximum absolute atomic E-state index is 12.8. The lowest BCUT2D eigenvalue weighted by molar-refractivity contribution is 0.0487. The summed E-state index contributed by atoms with van der Waals surface area (Å²) in [5.74, 6) is 0.966. The Morgan fingerprint density at radius 1 is 1.08 bits per heavy atom. The molecule has 2 aromatic rings. The summed E-state index contributed by atoms with van der Waals surface area (Å²) in [5.41, 5.74) is 2.02. The van der Waals surface area contributed by atoms with Crippen LogP contribution >= 0.6 is 11.8 Å². The van der Waals surface area contributed by atoms with Crippen LogP contribution in [-0.2, 0) is 10.2 Å². The van der Waals surface area contributed by atoms with Gasteiger partial charge >= 0.3 is 0 Å². The van der Waals surface area contributed by atoms with Gasteiger partial charge in [0.1, 0.15) is 0 Å². The molecule has 1 aliphatic heterocycles. The molecular formula is C21H25NO2S. The quantitative estimate of drug-likeness (QED) is 0.786. The van der Waals surface area contributed by atoms with Crippen molar-refractivity contribution in [3.63, 3.8) is 0 Å². The van der Waals surface area contributed by atoms with Crippen LogP contribution in [0.15, 0.2) is 59.5 Å². The lowest BCUT2D eigenvalue weighted by atomic mass is 9.74. The van der Waals surface area contributed by atoms with Gasteiger partial charge in [-0.15, -0.1) is 11.8 Å². The van der Waals surface area contributed by atoms with E-state index in [0.717, 1.165) is 42.3 Å². The zero-order chi connectivity index (χ0) is 17.5. The lowest BCUT2D eigenvalue weighted by Crippen LogP contribution is -2.44. The zero-order valence-corrected chi connectivity index (χ0v) is 15.5. The molecule has 0 bridgehead atoms. The fraction of sp³-hybridized carbons (Fsp3) is 0.381. The van der Waals surface area contributed by atoms with E-state index in [9.17, 15) is 4.79 Å². The molecule has 1 heterocycles. The van der Waals surface area contributed by atoms with E-state index >= 15 is 0 Å². The van der Waals surface area contributed by atoms with Gasteiger partial charge in [0.2, 0.25) is 0 Å². The first-order chi connectivity index (χ1) is 12.2. The fourth-order valence-electron chi connectivity index (χ4n) is 3.40. The number of thioether (sulfide) groups is 1. The minimum absolute atomic E-state index is 0.0124. The number of amides is 1. The van der Waals surface area contributed by atoms with Gasteiger partial charge in [-0.3, -0.25) is 4.79 Å². The van der Waals surface area contributed by atoms with Crippen molar-refractivity contribution in [2.75, 3.05) is 25.5 Å². The molecule has 0 unspecified atom stereocenters. The van der Waals surface area contributed by atoms with Crippen molar-refractivity contribution < 1.29 is 9.53 Å². The van der Waals surface area contributed by atoms with Crippen LogP contribution in [0, 0.1) is 0 Å². The molecule has 1 saturated heterocycles. The average molecular weight is 356 g/mol. The van der Waals surface area contributed by atoms with Crippen LogP contribution in [0.25, 0.3) is 0 Å².